The summed E-state index contributed by atoms with van der Waals surface area (Å²) in [5.74, 6) is -0.391. The van der Waals surface area contributed by atoms with Gasteiger partial charge in [-0.1, -0.05) is 0 Å². The predicted molar refractivity (Wildman–Crippen MR) is 83.9 cm³/mol. The number of carbonyl (C=O) groups excluding carboxylic acids is 1. The first kappa shape index (κ1) is 13.4. The molecule has 0 fully saturated rings. The number of hydrogen-bond acceptors (Lipinski definition) is 4. The van der Waals surface area contributed by atoms with E-state index >= 15 is 0 Å². The average Bonchev–Trinajstić information content (AvgIpc) is 2.84. The molecule has 0 atom stereocenters. The van der Waals surface area contributed by atoms with E-state index in [1.807, 2.05) is 25.1 Å². The van der Waals surface area contributed by atoms with Crippen molar-refractivity contribution in [3.8, 4) is 0 Å². The number of nitrogens with zero attached hydrogens (tertiary/aromatic N) is 2. The van der Waals surface area contributed by atoms with Gasteiger partial charge in [0.05, 0.1) is 18.3 Å². The standard InChI is InChI=1S/C16H17N3O2/c1-4-21-16(20)14-8-12-11-7-10(19(2)3)5-6-13(11)18-15(12)9-17-14/h5-9,18H,4H2,1-3H3. The number of benzene rings is 1. The maximum Gasteiger partial charge on any atom is 0.356 e. The molecule has 3 aromatic rings. The zero-order valence-electron chi connectivity index (χ0n) is 12.3. The molecule has 0 radical (unpaired) electrons. The van der Waals surface area contributed by atoms with Crippen LogP contribution in [0.5, 0.6) is 0 Å². The third kappa shape index (κ3) is 2.31. The molecule has 5 nitrogen and oxygen atoms in total. The minimum absolute atomic E-state index is 0.334. The fourth-order valence-electron chi connectivity index (χ4n) is 2.38. The Kier molecular flexibility index (Phi) is 3.25. The second-order valence-corrected chi connectivity index (χ2v) is 5.08. The highest BCUT2D eigenvalue weighted by Gasteiger charge is 2.12. The zero-order valence-corrected chi connectivity index (χ0v) is 12.3. The molecule has 2 heterocycles. The molecule has 1 N–H and O–H groups in total. The first-order valence-corrected chi connectivity index (χ1v) is 6.86. The molecule has 0 saturated heterocycles. The van der Waals surface area contributed by atoms with E-state index in [4.69, 9.17) is 4.74 Å². The Balaban J connectivity index is 2.20. The van der Waals surface area contributed by atoms with Crippen LogP contribution in [-0.2, 0) is 4.74 Å². The fraction of sp³-hybridized carbons (Fsp3) is 0.250. The van der Waals surface area contributed by atoms with Crippen LogP contribution in [0.15, 0.2) is 30.5 Å². The second kappa shape index (κ2) is 5.09. The number of H-pyrrole nitrogens is 1. The van der Waals surface area contributed by atoms with Crippen molar-refractivity contribution in [2.45, 2.75) is 6.92 Å². The quantitative estimate of drug-likeness (QED) is 0.751. The van der Waals surface area contributed by atoms with Gasteiger partial charge >= 0.3 is 5.97 Å². The summed E-state index contributed by atoms with van der Waals surface area (Å²) in [5.41, 5.74) is 3.38. The Hall–Kier alpha value is -2.56. The minimum atomic E-state index is -0.391. The van der Waals surface area contributed by atoms with Gasteiger partial charge in [-0.15, -0.1) is 0 Å². The lowest BCUT2D eigenvalue weighted by molar-refractivity contribution is 0.0520. The topological polar surface area (TPSA) is 58.2 Å². The number of aromatic nitrogens is 2. The summed E-state index contributed by atoms with van der Waals surface area (Å²) in [5, 5.41) is 2.05. The van der Waals surface area contributed by atoms with Crippen LogP contribution >= 0.6 is 0 Å². The monoisotopic (exact) mass is 283 g/mol. The molecule has 21 heavy (non-hydrogen) atoms. The van der Waals surface area contributed by atoms with Crippen LogP contribution in [0.3, 0.4) is 0 Å². The van der Waals surface area contributed by atoms with E-state index in [0.29, 0.717) is 12.3 Å². The van der Waals surface area contributed by atoms with Crippen molar-refractivity contribution in [2.24, 2.45) is 0 Å². The Morgan fingerprint density at radius 2 is 2.00 bits per heavy atom. The van der Waals surface area contributed by atoms with E-state index in [-0.39, 0.29) is 0 Å². The first-order valence-electron chi connectivity index (χ1n) is 6.86. The number of aromatic amines is 1. The van der Waals surface area contributed by atoms with Gasteiger partial charge < -0.3 is 14.6 Å². The predicted octanol–water partition coefficient (Wildman–Crippen LogP) is 2.96. The number of nitrogens with one attached hydrogen (secondary N) is 1. The normalized spacial score (nSPS) is 11.0. The molecule has 0 aliphatic rings. The van der Waals surface area contributed by atoms with E-state index in [1.165, 1.54) is 0 Å². The highest BCUT2D eigenvalue weighted by Crippen LogP contribution is 2.28. The van der Waals surface area contributed by atoms with E-state index in [0.717, 1.165) is 27.5 Å². The third-order valence-corrected chi connectivity index (χ3v) is 3.47. The lowest BCUT2D eigenvalue weighted by Gasteiger charge is -2.11. The summed E-state index contributed by atoms with van der Waals surface area (Å²) in [6.07, 6.45) is 1.68. The van der Waals surface area contributed by atoms with Crippen molar-refractivity contribution >= 4 is 33.5 Å². The van der Waals surface area contributed by atoms with Crippen molar-refractivity contribution in [1.82, 2.24) is 9.97 Å². The van der Waals surface area contributed by atoms with Gasteiger partial charge in [-0.25, -0.2) is 9.78 Å². The first-order chi connectivity index (χ1) is 10.1. The smallest absolute Gasteiger partial charge is 0.356 e. The molecule has 0 bridgehead atoms. The number of rotatable bonds is 3. The largest absolute Gasteiger partial charge is 0.461 e. The molecule has 108 valence electrons. The van der Waals surface area contributed by atoms with Gasteiger partial charge in [-0.2, -0.15) is 0 Å². The van der Waals surface area contributed by atoms with Crippen LogP contribution < -0.4 is 4.90 Å². The lowest BCUT2D eigenvalue weighted by Crippen LogP contribution is -2.08. The number of ether oxygens (including phenoxy) is 1. The average molecular weight is 283 g/mol. The number of fused-ring (bicyclic) bond motifs is 3. The van der Waals surface area contributed by atoms with Crippen LogP contribution in [0.2, 0.25) is 0 Å². The van der Waals surface area contributed by atoms with E-state index in [2.05, 4.69) is 22.1 Å². The SMILES string of the molecule is CCOC(=O)c1cc2c(cn1)[nH]c1ccc(N(C)C)cc12. The van der Waals surface area contributed by atoms with Crippen molar-refractivity contribution in [3.63, 3.8) is 0 Å². The summed E-state index contributed by atoms with van der Waals surface area (Å²) in [6.45, 7) is 2.13. The van der Waals surface area contributed by atoms with Crippen molar-refractivity contribution in [1.29, 1.82) is 0 Å². The summed E-state index contributed by atoms with van der Waals surface area (Å²) in [7, 11) is 4.00. The Bertz CT molecular complexity index is 821. The molecular formula is C16H17N3O2. The fourth-order valence-corrected chi connectivity index (χ4v) is 2.38. The molecule has 0 aliphatic heterocycles. The molecule has 5 heteroatoms. The molecule has 0 aliphatic carbocycles. The van der Waals surface area contributed by atoms with Gasteiger partial charge in [0.15, 0.2) is 0 Å². The van der Waals surface area contributed by atoms with Crippen LogP contribution in [-0.4, -0.2) is 36.6 Å². The van der Waals surface area contributed by atoms with Crippen LogP contribution in [0.4, 0.5) is 5.69 Å². The van der Waals surface area contributed by atoms with Gasteiger partial charge in [0.1, 0.15) is 5.69 Å². The van der Waals surface area contributed by atoms with Gasteiger partial charge in [-0.3, -0.25) is 0 Å². The summed E-state index contributed by atoms with van der Waals surface area (Å²) in [4.78, 5) is 21.3. The Morgan fingerprint density at radius 3 is 2.71 bits per heavy atom. The number of hydrogen-bond donors (Lipinski definition) is 1. The van der Waals surface area contributed by atoms with Crippen molar-refractivity contribution in [3.05, 3.63) is 36.2 Å². The maximum atomic E-state index is 11.8. The van der Waals surface area contributed by atoms with Crippen LogP contribution in [0.1, 0.15) is 17.4 Å². The van der Waals surface area contributed by atoms with Gasteiger partial charge in [-0.05, 0) is 31.2 Å². The van der Waals surface area contributed by atoms with Gasteiger partial charge in [0.2, 0.25) is 0 Å². The highest BCUT2D eigenvalue weighted by molar-refractivity contribution is 6.09. The van der Waals surface area contributed by atoms with E-state index < -0.39 is 5.97 Å². The summed E-state index contributed by atoms with van der Waals surface area (Å²) in [6, 6.07) is 7.97. The van der Waals surface area contributed by atoms with Crippen molar-refractivity contribution < 1.29 is 9.53 Å². The van der Waals surface area contributed by atoms with E-state index in [9.17, 15) is 4.79 Å². The molecule has 3 rings (SSSR count). The maximum absolute atomic E-state index is 11.8. The van der Waals surface area contributed by atoms with Crippen molar-refractivity contribution in [2.75, 3.05) is 25.6 Å². The van der Waals surface area contributed by atoms with Gasteiger partial charge in [0.25, 0.3) is 0 Å². The Labute approximate surface area is 122 Å². The number of pyridine rings is 1. The molecule has 0 amide bonds. The van der Waals surface area contributed by atoms with Crippen LogP contribution in [0, 0.1) is 0 Å². The summed E-state index contributed by atoms with van der Waals surface area (Å²) >= 11 is 0. The molecule has 2 aromatic heterocycles. The molecule has 1 aromatic carbocycles. The second-order valence-electron chi connectivity index (χ2n) is 5.08. The van der Waals surface area contributed by atoms with Crippen LogP contribution in [0.25, 0.3) is 21.8 Å². The number of carbonyl (C=O) groups is 1. The zero-order chi connectivity index (χ0) is 15.0. The highest BCUT2D eigenvalue weighted by atomic mass is 16.5. The minimum Gasteiger partial charge on any atom is -0.461 e. The molecule has 0 unspecified atom stereocenters. The van der Waals surface area contributed by atoms with Gasteiger partial charge in [0, 0.05) is 36.1 Å². The lowest BCUT2D eigenvalue weighted by atomic mass is 10.1. The molecule has 0 saturated carbocycles. The summed E-state index contributed by atoms with van der Waals surface area (Å²) < 4.78 is 5.01. The Morgan fingerprint density at radius 1 is 1.24 bits per heavy atom. The molecular weight excluding hydrogens is 266 g/mol. The third-order valence-electron chi connectivity index (χ3n) is 3.47. The molecule has 0 spiro atoms. The number of anilines is 1. The number of esters is 1. The van der Waals surface area contributed by atoms with E-state index in [1.54, 1.807) is 19.2 Å².